The monoisotopic (exact) mass is 180 g/mol. The smallest absolute Gasteiger partial charge is 0.162 e. The molecular weight excluding hydrogens is 168 g/mol. The van der Waals surface area contributed by atoms with Crippen LogP contribution in [0.15, 0.2) is 18.5 Å². The van der Waals surface area contributed by atoms with Crippen LogP contribution in [0.5, 0.6) is 0 Å². The first kappa shape index (κ1) is 7.53. The van der Waals surface area contributed by atoms with Gasteiger partial charge in [-0.1, -0.05) is 0 Å². The average Bonchev–Trinajstić information content (AvgIpc) is 2.79. The van der Waals surface area contributed by atoms with E-state index in [1.54, 1.807) is 0 Å². The van der Waals surface area contributed by atoms with Gasteiger partial charge >= 0.3 is 0 Å². The molecule has 1 aromatic rings. The van der Waals surface area contributed by atoms with Gasteiger partial charge in [0.05, 0.1) is 19.3 Å². The van der Waals surface area contributed by atoms with Crippen molar-refractivity contribution < 1.29 is 9.47 Å². The fourth-order valence-electron chi connectivity index (χ4n) is 2.19. The van der Waals surface area contributed by atoms with Crippen LogP contribution in [-0.2, 0) is 9.47 Å². The molecule has 3 unspecified atom stereocenters. The van der Waals surface area contributed by atoms with Crippen molar-refractivity contribution in [1.29, 1.82) is 0 Å². The Hall–Kier alpha value is -0.870. The Kier molecular flexibility index (Phi) is 1.63. The highest BCUT2D eigenvalue weighted by atomic mass is 16.7. The van der Waals surface area contributed by atoms with E-state index in [1.807, 2.05) is 23.1 Å². The van der Waals surface area contributed by atoms with Gasteiger partial charge in [-0.3, -0.25) is 4.68 Å². The first-order valence-corrected chi connectivity index (χ1v) is 4.67. The molecule has 2 aliphatic heterocycles. The number of ether oxygens (including phenoxy) is 2. The lowest BCUT2D eigenvalue weighted by atomic mass is 10.0. The molecule has 0 saturated carbocycles. The summed E-state index contributed by atoms with van der Waals surface area (Å²) in [4.78, 5) is 0. The lowest BCUT2D eigenvalue weighted by Gasteiger charge is -2.14. The van der Waals surface area contributed by atoms with E-state index in [1.165, 1.54) is 0 Å². The van der Waals surface area contributed by atoms with Gasteiger partial charge in [0, 0.05) is 18.3 Å². The highest BCUT2D eigenvalue weighted by Gasteiger charge is 2.42. The second-order valence-electron chi connectivity index (χ2n) is 3.58. The minimum Gasteiger partial charge on any atom is -0.352 e. The summed E-state index contributed by atoms with van der Waals surface area (Å²) in [6.45, 7) is 1.56. The van der Waals surface area contributed by atoms with E-state index >= 15 is 0 Å². The van der Waals surface area contributed by atoms with Gasteiger partial charge in [-0.25, -0.2) is 0 Å². The lowest BCUT2D eigenvalue weighted by molar-refractivity contribution is -0.0905. The maximum Gasteiger partial charge on any atom is 0.162 e. The summed E-state index contributed by atoms with van der Waals surface area (Å²) in [5, 5.41) is 4.24. The summed E-state index contributed by atoms with van der Waals surface area (Å²) in [6, 6.07) is 2.32. The van der Waals surface area contributed by atoms with Crippen LogP contribution in [0.25, 0.3) is 0 Å². The third kappa shape index (κ3) is 1.09. The molecule has 2 fully saturated rings. The summed E-state index contributed by atoms with van der Waals surface area (Å²) >= 11 is 0. The number of nitrogens with zero attached hydrogens (tertiary/aromatic N) is 2. The molecule has 3 atom stereocenters. The Morgan fingerprint density at radius 1 is 1.38 bits per heavy atom. The number of fused-ring (bicyclic) bond motifs is 1. The van der Waals surface area contributed by atoms with Gasteiger partial charge < -0.3 is 9.47 Å². The lowest BCUT2D eigenvalue weighted by Crippen LogP contribution is -2.19. The highest BCUT2D eigenvalue weighted by molar-refractivity contribution is 4.90. The minimum absolute atomic E-state index is 0.0224. The van der Waals surface area contributed by atoms with Crippen molar-refractivity contribution in [3.05, 3.63) is 18.5 Å². The number of rotatable bonds is 1. The number of aromatic nitrogens is 2. The Labute approximate surface area is 76.4 Å². The van der Waals surface area contributed by atoms with Crippen LogP contribution >= 0.6 is 0 Å². The zero-order chi connectivity index (χ0) is 8.67. The molecule has 0 amide bonds. The molecule has 3 rings (SSSR count). The Balaban J connectivity index is 1.86. The van der Waals surface area contributed by atoms with Crippen molar-refractivity contribution in [2.75, 3.05) is 13.2 Å². The van der Waals surface area contributed by atoms with Crippen LogP contribution in [0.3, 0.4) is 0 Å². The van der Waals surface area contributed by atoms with Crippen LogP contribution in [0.1, 0.15) is 12.5 Å². The Morgan fingerprint density at radius 3 is 3.23 bits per heavy atom. The van der Waals surface area contributed by atoms with Crippen LogP contribution in [0.4, 0.5) is 0 Å². The van der Waals surface area contributed by atoms with Gasteiger partial charge in [0.25, 0.3) is 0 Å². The average molecular weight is 180 g/mol. The van der Waals surface area contributed by atoms with E-state index < -0.39 is 0 Å². The van der Waals surface area contributed by atoms with Gasteiger partial charge in [0.1, 0.15) is 0 Å². The van der Waals surface area contributed by atoms with Crippen LogP contribution in [-0.4, -0.2) is 29.3 Å². The molecule has 0 aromatic carbocycles. The molecule has 4 heteroatoms. The van der Waals surface area contributed by atoms with Gasteiger partial charge in [-0.15, -0.1) is 0 Å². The third-order valence-electron chi connectivity index (χ3n) is 2.87. The molecule has 13 heavy (non-hydrogen) atoms. The first-order valence-electron chi connectivity index (χ1n) is 4.67. The second kappa shape index (κ2) is 2.82. The third-order valence-corrected chi connectivity index (χ3v) is 2.87. The zero-order valence-electron chi connectivity index (χ0n) is 7.30. The molecular formula is C9H12N2O2. The summed E-state index contributed by atoms with van der Waals surface area (Å²) in [7, 11) is 0. The van der Waals surface area contributed by atoms with E-state index in [0.717, 1.165) is 19.6 Å². The van der Waals surface area contributed by atoms with Gasteiger partial charge in [0.15, 0.2) is 6.29 Å². The molecule has 0 aliphatic carbocycles. The van der Waals surface area contributed by atoms with Crippen LogP contribution < -0.4 is 0 Å². The summed E-state index contributed by atoms with van der Waals surface area (Å²) in [5.41, 5.74) is 0. The topological polar surface area (TPSA) is 36.3 Å². The highest BCUT2D eigenvalue weighted by Crippen LogP contribution is 2.37. The molecule has 0 radical (unpaired) electrons. The molecule has 3 heterocycles. The van der Waals surface area contributed by atoms with Crippen molar-refractivity contribution in [3.63, 3.8) is 0 Å². The largest absolute Gasteiger partial charge is 0.352 e. The molecule has 0 N–H and O–H groups in total. The summed E-state index contributed by atoms with van der Waals surface area (Å²) < 4.78 is 13.0. The van der Waals surface area contributed by atoms with Crippen molar-refractivity contribution in [2.45, 2.75) is 18.8 Å². The minimum atomic E-state index is 0.0224. The maximum absolute atomic E-state index is 5.53. The van der Waals surface area contributed by atoms with Crippen molar-refractivity contribution in [1.82, 2.24) is 9.78 Å². The zero-order valence-corrected chi connectivity index (χ0v) is 7.30. The van der Waals surface area contributed by atoms with Crippen molar-refractivity contribution >= 4 is 0 Å². The maximum atomic E-state index is 5.53. The van der Waals surface area contributed by atoms with E-state index in [9.17, 15) is 0 Å². The Morgan fingerprint density at radius 2 is 2.38 bits per heavy atom. The summed E-state index contributed by atoms with van der Waals surface area (Å²) in [5.74, 6) is 0.500. The molecule has 4 nitrogen and oxygen atoms in total. The predicted molar refractivity (Wildman–Crippen MR) is 45.1 cm³/mol. The van der Waals surface area contributed by atoms with E-state index in [4.69, 9.17) is 9.47 Å². The standard InChI is InChI=1S/C9H12N2O2/c1-3-10-11(4-1)8-6-13-9-7(8)2-5-12-9/h1,3-4,7-9H,2,5-6H2. The van der Waals surface area contributed by atoms with Crippen LogP contribution in [0.2, 0.25) is 0 Å². The second-order valence-corrected chi connectivity index (χ2v) is 3.58. The van der Waals surface area contributed by atoms with E-state index in [2.05, 4.69) is 5.10 Å². The normalized spacial score (nSPS) is 38.0. The number of hydrogen-bond acceptors (Lipinski definition) is 3. The molecule has 0 spiro atoms. The predicted octanol–water partition coefficient (Wildman–Crippen LogP) is 0.817. The first-order chi connectivity index (χ1) is 6.45. The fourth-order valence-corrected chi connectivity index (χ4v) is 2.19. The molecule has 0 bridgehead atoms. The molecule has 2 saturated heterocycles. The van der Waals surface area contributed by atoms with Crippen molar-refractivity contribution in [3.8, 4) is 0 Å². The quantitative estimate of drug-likeness (QED) is 0.642. The summed E-state index contributed by atoms with van der Waals surface area (Å²) in [6.07, 6.45) is 4.92. The van der Waals surface area contributed by atoms with Gasteiger partial charge in [-0.05, 0) is 12.5 Å². The molecule has 70 valence electrons. The van der Waals surface area contributed by atoms with Crippen LogP contribution in [0, 0.1) is 5.92 Å². The van der Waals surface area contributed by atoms with E-state index in [0.29, 0.717) is 12.0 Å². The number of hydrogen-bond donors (Lipinski definition) is 0. The molecule has 1 aromatic heterocycles. The van der Waals surface area contributed by atoms with Gasteiger partial charge in [0.2, 0.25) is 0 Å². The fraction of sp³-hybridized carbons (Fsp3) is 0.667. The van der Waals surface area contributed by atoms with Gasteiger partial charge in [-0.2, -0.15) is 5.10 Å². The SMILES string of the molecule is c1cnn(C2COC3OCCC32)c1. The Bertz CT molecular complexity index is 286. The van der Waals surface area contributed by atoms with E-state index in [-0.39, 0.29) is 6.29 Å². The van der Waals surface area contributed by atoms with Crippen molar-refractivity contribution in [2.24, 2.45) is 5.92 Å². The molecule has 2 aliphatic rings.